The van der Waals surface area contributed by atoms with Crippen LogP contribution in [0.5, 0.6) is 0 Å². The molecule has 1 aliphatic rings. The molecule has 1 rings (SSSR count). The number of nitrogens with zero attached hydrogens (tertiary/aromatic N) is 3. The van der Waals surface area contributed by atoms with E-state index < -0.39 is 0 Å². The molecule has 1 saturated heterocycles. The van der Waals surface area contributed by atoms with E-state index in [4.69, 9.17) is 5.84 Å². The zero-order valence-electron chi connectivity index (χ0n) is 11.0. The van der Waals surface area contributed by atoms with Gasteiger partial charge in [-0.3, -0.25) is 15.3 Å². The molecule has 16 heavy (non-hydrogen) atoms. The van der Waals surface area contributed by atoms with Crippen LogP contribution in [0.25, 0.3) is 0 Å². The van der Waals surface area contributed by atoms with Gasteiger partial charge in [0, 0.05) is 38.3 Å². The van der Waals surface area contributed by atoms with Crippen molar-refractivity contribution in [3.63, 3.8) is 0 Å². The summed E-state index contributed by atoms with van der Waals surface area (Å²) < 4.78 is 0. The first-order chi connectivity index (χ1) is 7.49. The molecule has 0 aromatic carbocycles. The summed E-state index contributed by atoms with van der Waals surface area (Å²) in [5.74, 6) is 6.29. The minimum atomic E-state index is 0.254. The molecule has 0 radical (unpaired) electrons. The Kier molecular flexibility index (Phi) is 4.56. The monoisotopic (exact) mass is 227 g/mol. The summed E-state index contributed by atoms with van der Waals surface area (Å²) in [7, 11) is 0. The maximum atomic E-state index is 5.47. The molecular formula is C11H25N5. The number of rotatable bonds is 1. The van der Waals surface area contributed by atoms with Crippen LogP contribution in [0, 0.1) is 0 Å². The third kappa shape index (κ3) is 3.35. The molecule has 0 amide bonds. The summed E-state index contributed by atoms with van der Waals surface area (Å²) in [4.78, 5) is 9.05. The van der Waals surface area contributed by atoms with Gasteiger partial charge in [0.2, 0.25) is 5.96 Å². The summed E-state index contributed by atoms with van der Waals surface area (Å²) in [5.41, 5.74) is 2.94. The van der Waals surface area contributed by atoms with Crippen LogP contribution in [0.4, 0.5) is 0 Å². The Hall–Kier alpha value is -0.810. The lowest BCUT2D eigenvalue weighted by molar-refractivity contribution is 0.0870. The van der Waals surface area contributed by atoms with E-state index in [1.807, 2.05) is 6.92 Å². The molecule has 0 bridgehead atoms. The minimum Gasteiger partial charge on any atom is -0.339 e. The molecule has 3 N–H and O–H groups in total. The fourth-order valence-electron chi connectivity index (χ4n) is 1.98. The predicted molar refractivity (Wildman–Crippen MR) is 68.2 cm³/mol. The van der Waals surface area contributed by atoms with Gasteiger partial charge < -0.3 is 4.90 Å². The van der Waals surface area contributed by atoms with Gasteiger partial charge in [0.1, 0.15) is 0 Å². The number of nitrogens with two attached hydrogens (primary N) is 1. The van der Waals surface area contributed by atoms with Crippen molar-refractivity contribution in [3.05, 3.63) is 0 Å². The molecule has 5 heteroatoms. The van der Waals surface area contributed by atoms with E-state index in [0.717, 1.165) is 38.7 Å². The number of hydrazine groups is 1. The molecule has 0 aliphatic carbocycles. The number of nitrogens with one attached hydrogen (secondary N) is 1. The molecule has 1 aliphatic heterocycles. The number of aliphatic imine (C=N–C) groups is 1. The van der Waals surface area contributed by atoms with E-state index >= 15 is 0 Å². The molecule has 5 nitrogen and oxygen atoms in total. The molecular weight excluding hydrogens is 202 g/mol. The highest BCUT2D eigenvalue weighted by Gasteiger charge is 2.26. The first-order valence-corrected chi connectivity index (χ1v) is 6.00. The highest BCUT2D eigenvalue weighted by Crippen LogP contribution is 2.15. The van der Waals surface area contributed by atoms with Crippen LogP contribution in [0.1, 0.15) is 27.7 Å². The molecule has 0 aromatic rings. The van der Waals surface area contributed by atoms with Gasteiger partial charge in [-0.25, -0.2) is 5.84 Å². The summed E-state index contributed by atoms with van der Waals surface area (Å²) in [6.45, 7) is 13.6. The van der Waals surface area contributed by atoms with Gasteiger partial charge in [-0.15, -0.1) is 0 Å². The van der Waals surface area contributed by atoms with Crippen LogP contribution in [-0.2, 0) is 0 Å². The Morgan fingerprint density at radius 1 is 1.25 bits per heavy atom. The average Bonchev–Trinajstić information content (AvgIpc) is 2.25. The van der Waals surface area contributed by atoms with Crippen molar-refractivity contribution in [1.82, 2.24) is 15.2 Å². The van der Waals surface area contributed by atoms with Gasteiger partial charge in [-0.05, 0) is 27.7 Å². The number of hydrogen-bond donors (Lipinski definition) is 2. The van der Waals surface area contributed by atoms with Gasteiger partial charge in [0.15, 0.2) is 0 Å². The summed E-state index contributed by atoms with van der Waals surface area (Å²) in [6.07, 6.45) is 0. The van der Waals surface area contributed by atoms with Crippen molar-refractivity contribution in [3.8, 4) is 0 Å². The van der Waals surface area contributed by atoms with Gasteiger partial charge in [0.25, 0.3) is 0 Å². The largest absolute Gasteiger partial charge is 0.339 e. The van der Waals surface area contributed by atoms with Crippen molar-refractivity contribution in [2.75, 3.05) is 32.7 Å². The maximum Gasteiger partial charge on any atom is 0.208 e. The molecule has 94 valence electrons. The van der Waals surface area contributed by atoms with Crippen LogP contribution >= 0.6 is 0 Å². The van der Waals surface area contributed by atoms with E-state index in [0.29, 0.717) is 0 Å². The van der Waals surface area contributed by atoms with E-state index in [1.165, 1.54) is 0 Å². The van der Waals surface area contributed by atoms with E-state index in [-0.39, 0.29) is 5.54 Å². The fraction of sp³-hybridized carbons (Fsp3) is 0.909. The fourth-order valence-corrected chi connectivity index (χ4v) is 1.98. The second-order valence-electron chi connectivity index (χ2n) is 5.09. The molecule has 0 atom stereocenters. The number of hydrogen-bond acceptors (Lipinski definition) is 3. The standard InChI is InChI=1S/C11H25N5/c1-5-13-10(14-12)15-6-8-16(9-7-15)11(2,3)4/h5-9,12H2,1-4H3,(H,13,14). The molecule has 1 heterocycles. The normalized spacial score (nSPS) is 20.1. The van der Waals surface area contributed by atoms with E-state index in [1.54, 1.807) is 0 Å². The minimum absolute atomic E-state index is 0.254. The van der Waals surface area contributed by atoms with Crippen LogP contribution < -0.4 is 11.3 Å². The van der Waals surface area contributed by atoms with Crippen LogP contribution in [-0.4, -0.2) is 54.0 Å². The second-order valence-corrected chi connectivity index (χ2v) is 5.09. The van der Waals surface area contributed by atoms with E-state index in [2.05, 4.69) is 41.0 Å². The lowest BCUT2D eigenvalue weighted by atomic mass is 10.1. The first-order valence-electron chi connectivity index (χ1n) is 6.00. The Labute approximate surface area is 98.7 Å². The van der Waals surface area contributed by atoms with Gasteiger partial charge in [-0.2, -0.15) is 0 Å². The van der Waals surface area contributed by atoms with Gasteiger partial charge in [0.05, 0.1) is 0 Å². The first kappa shape index (κ1) is 13.3. The Balaban J connectivity index is 2.51. The highest BCUT2D eigenvalue weighted by atomic mass is 15.4. The summed E-state index contributed by atoms with van der Waals surface area (Å²) in [5, 5.41) is 0. The van der Waals surface area contributed by atoms with Crippen LogP contribution in [0.2, 0.25) is 0 Å². The van der Waals surface area contributed by atoms with E-state index in [9.17, 15) is 0 Å². The molecule has 1 fully saturated rings. The lowest BCUT2D eigenvalue weighted by Crippen LogP contribution is -2.57. The molecule has 0 spiro atoms. The predicted octanol–water partition coefficient (Wildman–Crippen LogP) is 0.242. The molecule has 0 saturated carbocycles. The topological polar surface area (TPSA) is 56.9 Å². The van der Waals surface area contributed by atoms with Gasteiger partial charge >= 0.3 is 0 Å². The van der Waals surface area contributed by atoms with Crippen LogP contribution in [0.15, 0.2) is 4.99 Å². The van der Waals surface area contributed by atoms with Crippen molar-refractivity contribution in [2.24, 2.45) is 10.8 Å². The van der Waals surface area contributed by atoms with Gasteiger partial charge in [-0.1, -0.05) is 0 Å². The Morgan fingerprint density at radius 3 is 2.19 bits per heavy atom. The quantitative estimate of drug-likeness (QED) is 0.292. The smallest absolute Gasteiger partial charge is 0.208 e. The summed E-state index contributed by atoms with van der Waals surface area (Å²) >= 11 is 0. The zero-order chi connectivity index (χ0) is 12.2. The van der Waals surface area contributed by atoms with Crippen molar-refractivity contribution < 1.29 is 0 Å². The Morgan fingerprint density at radius 2 is 1.81 bits per heavy atom. The lowest BCUT2D eigenvalue weighted by Gasteiger charge is -2.42. The highest BCUT2D eigenvalue weighted by molar-refractivity contribution is 5.79. The average molecular weight is 227 g/mol. The molecule has 0 aromatic heterocycles. The van der Waals surface area contributed by atoms with Crippen molar-refractivity contribution in [1.29, 1.82) is 0 Å². The SMILES string of the molecule is CCN=C(NN)N1CCN(C(C)(C)C)CC1. The van der Waals surface area contributed by atoms with Crippen molar-refractivity contribution in [2.45, 2.75) is 33.2 Å². The number of guanidine groups is 1. The zero-order valence-corrected chi connectivity index (χ0v) is 11.0. The third-order valence-corrected chi connectivity index (χ3v) is 2.96. The third-order valence-electron chi connectivity index (χ3n) is 2.96. The Bertz CT molecular complexity index is 235. The maximum absolute atomic E-state index is 5.47. The van der Waals surface area contributed by atoms with Crippen molar-refractivity contribution >= 4 is 5.96 Å². The molecule has 0 unspecified atom stereocenters. The second kappa shape index (κ2) is 5.50. The number of piperazine rings is 1. The van der Waals surface area contributed by atoms with Crippen LogP contribution in [0.3, 0.4) is 0 Å². The summed E-state index contributed by atoms with van der Waals surface area (Å²) in [6, 6.07) is 0.